The van der Waals surface area contributed by atoms with E-state index in [1.807, 2.05) is 25.6 Å². The van der Waals surface area contributed by atoms with Crippen LogP contribution in [0.1, 0.15) is 34.1 Å². The summed E-state index contributed by atoms with van der Waals surface area (Å²) in [5.41, 5.74) is 0. The van der Waals surface area contributed by atoms with Crippen LogP contribution >= 0.6 is 11.8 Å². The van der Waals surface area contributed by atoms with Crippen molar-refractivity contribution in [2.75, 3.05) is 18.1 Å². The fourth-order valence-electron chi connectivity index (χ4n) is 0.916. The lowest BCUT2D eigenvalue weighted by Crippen LogP contribution is -2.17. The second-order valence-corrected chi connectivity index (χ2v) is 4.78. The third kappa shape index (κ3) is 6.30. The molecule has 84 valence electrons. The van der Waals surface area contributed by atoms with Gasteiger partial charge in [0.2, 0.25) is 0 Å². The zero-order valence-corrected chi connectivity index (χ0v) is 10.5. The van der Waals surface area contributed by atoms with Crippen LogP contribution < -0.4 is 0 Å². The third-order valence-corrected chi connectivity index (χ3v) is 3.70. The van der Waals surface area contributed by atoms with Crippen LogP contribution in [0.3, 0.4) is 0 Å². The molecule has 0 bridgehead atoms. The topological polar surface area (TPSA) is 26.3 Å². The van der Waals surface area contributed by atoms with E-state index >= 15 is 0 Å². The molecule has 0 amide bonds. The Bertz CT molecular complexity index is 159. The Hall–Kier alpha value is -0.180. The minimum atomic E-state index is -0.0656. The first-order valence-corrected chi connectivity index (χ1v) is 6.51. The van der Waals surface area contributed by atoms with Crippen molar-refractivity contribution in [3.63, 3.8) is 0 Å². The van der Waals surface area contributed by atoms with Crippen LogP contribution in [0.15, 0.2) is 0 Å². The number of hydrogen-bond donors (Lipinski definition) is 0. The third-order valence-electron chi connectivity index (χ3n) is 2.16. The molecule has 0 aliphatic heterocycles. The Kier molecular flexibility index (Phi) is 8.05. The summed E-state index contributed by atoms with van der Waals surface area (Å²) in [6.07, 6.45) is 1.21. The summed E-state index contributed by atoms with van der Waals surface area (Å²) >= 11 is 1.85. The Morgan fingerprint density at radius 1 is 1.29 bits per heavy atom. The molecule has 3 heteroatoms. The molecule has 0 saturated carbocycles. The van der Waals surface area contributed by atoms with Gasteiger partial charge >= 0.3 is 5.97 Å². The molecule has 2 atom stereocenters. The van der Waals surface area contributed by atoms with E-state index in [1.165, 1.54) is 6.42 Å². The molecule has 0 fully saturated rings. The average molecular weight is 218 g/mol. The first kappa shape index (κ1) is 13.8. The van der Waals surface area contributed by atoms with Crippen molar-refractivity contribution in [3.05, 3.63) is 0 Å². The van der Waals surface area contributed by atoms with Crippen LogP contribution in [-0.4, -0.2) is 24.1 Å². The molecule has 0 aromatic rings. The van der Waals surface area contributed by atoms with Crippen LogP contribution in [-0.2, 0) is 9.53 Å². The van der Waals surface area contributed by atoms with Crippen molar-refractivity contribution in [2.45, 2.75) is 34.1 Å². The predicted octanol–water partition coefficient (Wildman–Crippen LogP) is 2.96. The second kappa shape index (κ2) is 8.16. The summed E-state index contributed by atoms with van der Waals surface area (Å²) in [5.74, 6) is 2.73. The molecule has 0 radical (unpaired) electrons. The van der Waals surface area contributed by atoms with E-state index < -0.39 is 0 Å². The molecule has 14 heavy (non-hydrogen) atoms. The van der Waals surface area contributed by atoms with E-state index in [-0.39, 0.29) is 11.9 Å². The highest BCUT2D eigenvalue weighted by atomic mass is 32.2. The number of carbonyl (C=O) groups excluding carboxylic acids is 1. The van der Waals surface area contributed by atoms with Gasteiger partial charge in [0.1, 0.15) is 0 Å². The number of rotatable bonds is 7. The SMILES string of the molecule is CCOC(=O)C(C)CSCC(C)CC. The number of esters is 1. The van der Waals surface area contributed by atoms with E-state index in [1.54, 1.807) is 0 Å². The van der Waals surface area contributed by atoms with Crippen LogP contribution in [0.25, 0.3) is 0 Å². The highest BCUT2D eigenvalue weighted by Gasteiger charge is 2.13. The van der Waals surface area contributed by atoms with E-state index in [0.717, 1.165) is 17.4 Å². The van der Waals surface area contributed by atoms with Crippen LogP contribution in [0.2, 0.25) is 0 Å². The highest BCUT2D eigenvalue weighted by Crippen LogP contribution is 2.15. The number of ether oxygens (including phenoxy) is 1. The minimum Gasteiger partial charge on any atom is -0.466 e. The molecule has 0 N–H and O–H groups in total. The maximum atomic E-state index is 11.3. The van der Waals surface area contributed by atoms with Crippen LogP contribution in [0.4, 0.5) is 0 Å². The highest BCUT2D eigenvalue weighted by molar-refractivity contribution is 7.99. The average Bonchev–Trinajstić information content (AvgIpc) is 2.17. The lowest BCUT2D eigenvalue weighted by Gasteiger charge is -2.11. The van der Waals surface area contributed by atoms with Crippen molar-refractivity contribution < 1.29 is 9.53 Å². The molecule has 0 aromatic heterocycles. The monoisotopic (exact) mass is 218 g/mol. The Balaban J connectivity index is 3.52. The van der Waals surface area contributed by atoms with Crippen LogP contribution in [0, 0.1) is 11.8 Å². The molecule has 0 rings (SSSR count). The molecule has 0 aliphatic rings. The predicted molar refractivity (Wildman–Crippen MR) is 62.6 cm³/mol. The van der Waals surface area contributed by atoms with Gasteiger partial charge in [0.25, 0.3) is 0 Å². The van der Waals surface area contributed by atoms with Gasteiger partial charge in [0, 0.05) is 5.75 Å². The fraction of sp³-hybridized carbons (Fsp3) is 0.909. The van der Waals surface area contributed by atoms with Gasteiger partial charge in [-0.2, -0.15) is 11.8 Å². The van der Waals surface area contributed by atoms with Gasteiger partial charge in [-0.15, -0.1) is 0 Å². The molecule has 0 saturated heterocycles. The van der Waals surface area contributed by atoms with Crippen LogP contribution in [0.5, 0.6) is 0 Å². The Morgan fingerprint density at radius 2 is 1.93 bits per heavy atom. The quantitative estimate of drug-likeness (QED) is 0.615. The summed E-state index contributed by atoms with van der Waals surface area (Å²) in [4.78, 5) is 11.3. The second-order valence-electron chi connectivity index (χ2n) is 3.70. The van der Waals surface area contributed by atoms with Gasteiger partial charge in [0.05, 0.1) is 12.5 Å². The van der Waals surface area contributed by atoms with Crippen molar-refractivity contribution in [3.8, 4) is 0 Å². The molecule has 0 aliphatic carbocycles. The number of thioether (sulfide) groups is 1. The van der Waals surface area contributed by atoms with Gasteiger partial charge < -0.3 is 4.74 Å². The van der Waals surface area contributed by atoms with Gasteiger partial charge in [-0.3, -0.25) is 4.79 Å². The van der Waals surface area contributed by atoms with Crippen molar-refractivity contribution in [1.29, 1.82) is 0 Å². The Morgan fingerprint density at radius 3 is 2.43 bits per heavy atom. The van der Waals surface area contributed by atoms with Gasteiger partial charge in [-0.1, -0.05) is 27.2 Å². The van der Waals surface area contributed by atoms with E-state index in [4.69, 9.17) is 4.74 Å². The molecule has 2 unspecified atom stereocenters. The summed E-state index contributed by atoms with van der Waals surface area (Å²) in [6, 6.07) is 0. The van der Waals surface area contributed by atoms with Crippen molar-refractivity contribution in [1.82, 2.24) is 0 Å². The molecular weight excluding hydrogens is 196 g/mol. The molecule has 0 heterocycles. The minimum absolute atomic E-state index is 0.0315. The summed E-state index contributed by atoms with van der Waals surface area (Å²) in [6.45, 7) is 8.69. The summed E-state index contributed by atoms with van der Waals surface area (Å²) in [5, 5.41) is 0. The smallest absolute Gasteiger partial charge is 0.309 e. The zero-order valence-electron chi connectivity index (χ0n) is 9.71. The van der Waals surface area contributed by atoms with E-state index in [0.29, 0.717) is 6.61 Å². The van der Waals surface area contributed by atoms with Gasteiger partial charge in [-0.25, -0.2) is 0 Å². The van der Waals surface area contributed by atoms with E-state index in [2.05, 4.69) is 13.8 Å². The molecule has 0 spiro atoms. The molecular formula is C11H22O2S. The molecule has 2 nitrogen and oxygen atoms in total. The van der Waals surface area contributed by atoms with Gasteiger partial charge in [-0.05, 0) is 18.6 Å². The zero-order chi connectivity index (χ0) is 11.0. The maximum Gasteiger partial charge on any atom is 0.309 e. The lowest BCUT2D eigenvalue weighted by molar-refractivity contribution is -0.146. The van der Waals surface area contributed by atoms with Crippen molar-refractivity contribution in [2.24, 2.45) is 11.8 Å². The normalized spacial score (nSPS) is 14.9. The fourth-order valence-corrected chi connectivity index (χ4v) is 2.18. The van der Waals surface area contributed by atoms with Crippen molar-refractivity contribution >= 4 is 17.7 Å². The summed E-state index contributed by atoms with van der Waals surface area (Å²) < 4.78 is 4.94. The first-order valence-electron chi connectivity index (χ1n) is 5.36. The largest absolute Gasteiger partial charge is 0.466 e. The lowest BCUT2D eigenvalue weighted by atomic mass is 10.2. The standard InChI is InChI=1S/C11H22O2S/c1-5-9(3)7-14-8-10(4)11(12)13-6-2/h9-10H,5-8H2,1-4H3. The number of carbonyl (C=O) groups is 1. The Labute approximate surface area is 91.8 Å². The molecule has 0 aromatic carbocycles. The first-order chi connectivity index (χ1) is 6.61. The number of hydrogen-bond acceptors (Lipinski definition) is 3. The summed E-state index contributed by atoms with van der Waals surface area (Å²) in [7, 11) is 0. The van der Waals surface area contributed by atoms with Gasteiger partial charge in [0.15, 0.2) is 0 Å². The van der Waals surface area contributed by atoms with E-state index in [9.17, 15) is 4.79 Å². The maximum absolute atomic E-state index is 11.3.